The zero-order chi connectivity index (χ0) is 9.19. The second-order valence-corrected chi connectivity index (χ2v) is 5.19. The number of thiophene rings is 1. The van der Waals surface area contributed by atoms with Crippen molar-refractivity contribution in [2.24, 2.45) is 5.73 Å². The topological polar surface area (TPSA) is 26.0 Å². The third-order valence-electron chi connectivity index (χ3n) is 2.01. The Hall–Kier alpha value is -0.0500. The van der Waals surface area contributed by atoms with Crippen molar-refractivity contribution in [2.45, 2.75) is 32.2 Å². The van der Waals surface area contributed by atoms with Crippen molar-refractivity contribution in [2.75, 3.05) is 0 Å². The summed E-state index contributed by atoms with van der Waals surface area (Å²) in [5.74, 6) is 0. The molecule has 0 amide bonds. The van der Waals surface area contributed by atoms with Crippen LogP contribution < -0.4 is 5.73 Å². The van der Waals surface area contributed by atoms with Gasteiger partial charge in [-0.3, -0.25) is 0 Å². The summed E-state index contributed by atoms with van der Waals surface area (Å²) in [5.41, 5.74) is 5.93. The highest BCUT2D eigenvalue weighted by Crippen LogP contribution is 2.25. The average Bonchev–Trinajstić information content (AvgIpc) is 2.35. The predicted octanol–water partition coefficient (Wildman–Crippen LogP) is 3.07. The molecule has 0 aliphatic heterocycles. The van der Waals surface area contributed by atoms with Crippen molar-refractivity contribution in [3.8, 4) is 0 Å². The molecule has 0 radical (unpaired) electrons. The van der Waals surface area contributed by atoms with Crippen molar-refractivity contribution in [1.82, 2.24) is 0 Å². The van der Waals surface area contributed by atoms with Crippen LogP contribution >= 0.6 is 22.9 Å². The summed E-state index contributed by atoms with van der Waals surface area (Å²) in [4.78, 5) is 1.27. The van der Waals surface area contributed by atoms with Gasteiger partial charge in [-0.05, 0) is 31.9 Å². The van der Waals surface area contributed by atoms with Gasteiger partial charge in [-0.2, -0.15) is 0 Å². The summed E-state index contributed by atoms with van der Waals surface area (Å²) in [6, 6.07) is 3.97. The van der Waals surface area contributed by atoms with Gasteiger partial charge in [0.25, 0.3) is 0 Å². The number of nitrogens with two attached hydrogens (primary N) is 1. The van der Waals surface area contributed by atoms with Crippen LogP contribution in [0, 0.1) is 0 Å². The lowest BCUT2D eigenvalue weighted by atomic mass is 9.95. The summed E-state index contributed by atoms with van der Waals surface area (Å²) in [6.07, 6.45) is 1.91. The van der Waals surface area contributed by atoms with E-state index < -0.39 is 0 Å². The van der Waals surface area contributed by atoms with Gasteiger partial charge in [0.05, 0.1) is 4.34 Å². The first kappa shape index (κ1) is 10.0. The first-order valence-electron chi connectivity index (χ1n) is 4.06. The minimum atomic E-state index is -0.0891. The molecular weight excluding hydrogens is 190 g/mol. The summed E-state index contributed by atoms with van der Waals surface area (Å²) in [5, 5.41) is 0. The van der Waals surface area contributed by atoms with Gasteiger partial charge in [-0.25, -0.2) is 0 Å². The van der Waals surface area contributed by atoms with Gasteiger partial charge in [0.15, 0.2) is 0 Å². The molecule has 0 aromatic carbocycles. The second-order valence-electron chi connectivity index (χ2n) is 3.39. The van der Waals surface area contributed by atoms with Crippen molar-refractivity contribution >= 4 is 22.9 Å². The van der Waals surface area contributed by atoms with E-state index in [2.05, 4.69) is 13.8 Å². The van der Waals surface area contributed by atoms with Crippen molar-refractivity contribution in [3.63, 3.8) is 0 Å². The van der Waals surface area contributed by atoms with Gasteiger partial charge in [0.2, 0.25) is 0 Å². The quantitative estimate of drug-likeness (QED) is 0.803. The lowest BCUT2D eigenvalue weighted by molar-refractivity contribution is 0.453. The molecule has 1 aromatic rings. The van der Waals surface area contributed by atoms with E-state index >= 15 is 0 Å². The van der Waals surface area contributed by atoms with Crippen LogP contribution in [0.4, 0.5) is 0 Å². The molecule has 68 valence electrons. The summed E-state index contributed by atoms with van der Waals surface area (Å²) in [7, 11) is 0. The van der Waals surface area contributed by atoms with Crippen LogP contribution in [-0.4, -0.2) is 5.54 Å². The van der Waals surface area contributed by atoms with Gasteiger partial charge < -0.3 is 5.73 Å². The Labute approximate surface area is 82.5 Å². The van der Waals surface area contributed by atoms with Crippen LogP contribution in [0.25, 0.3) is 0 Å². The number of hydrogen-bond acceptors (Lipinski definition) is 2. The fraction of sp³-hybridized carbons (Fsp3) is 0.556. The van der Waals surface area contributed by atoms with Gasteiger partial charge in [-0.15, -0.1) is 11.3 Å². The van der Waals surface area contributed by atoms with E-state index in [9.17, 15) is 0 Å². The normalized spacial score (nSPS) is 16.0. The molecule has 0 aliphatic rings. The van der Waals surface area contributed by atoms with Crippen molar-refractivity contribution in [1.29, 1.82) is 0 Å². The molecule has 12 heavy (non-hydrogen) atoms. The third kappa shape index (κ3) is 2.77. The highest BCUT2D eigenvalue weighted by Gasteiger charge is 2.16. The zero-order valence-electron chi connectivity index (χ0n) is 7.43. The van der Waals surface area contributed by atoms with E-state index in [1.54, 1.807) is 11.3 Å². The Bertz CT molecular complexity index is 255. The van der Waals surface area contributed by atoms with Crippen LogP contribution in [0.3, 0.4) is 0 Å². The SMILES string of the molecule is CCC(C)(N)Cc1ccc(Cl)s1. The van der Waals surface area contributed by atoms with Crippen LogP contribution in [-0.2, 0) is 6.42 Å². The van der Waals surface area contributed by atoms with Crippen LogP contribution in [0.2, 0.25) is 4.34 Å². The Morgan fingerprint density at radius 3 is 2.67 bits per heavy atom. The minimum Gasteiger partial charge on any atom is -0.325 e. The smallest absolute Gasteiger partial charge is 0.0931 e. The molecule has 0 fully saturated rings. The maximum absolute atomic E-state index is 6.02. The van der Waals surface area contributed by atoms with E-state index in [1.165, 1.54) is 4.88 Å². The maximum atomic E-state index is 6.02. The zero-order valence-corrected chi connectivity index (χ0v) is 9.00. The Morgan fingerprint density at radius 2 is 2.25 bits per heavy atom. The van der Waals surface area contributed by atoms with Crippen LogP contribution in [0.5, 0.6) is 0 Å². The second kappa shape index (κ2) is 3.77. The molecular formula is C9H14ClNS. The van der Waals surface area contributed by atoms with Gasteiger partial charge in [-0.1, -0.05) is 18.5 Å². The highest BCUT2D eigenvalue weighted by molar-refractivity contribution is 7.16. The monoisotopic (exact) mass is 203 g/mol. The lowest BCUT2D eigenvalue weighted by Crippen LogP contribution is -2.37. The molecule has 1 nitrogen and oxygen atoms in total. The summed E-state index contributed by atoms with van der Waals surface area (Å²) in [6.45, 7) is 4.18. The van der Waals surface area contributed by atoms with Crippen molar-refractivity contribution in [3.05, 3.63) is 21.3 Å². The van der Waals surface area contributed by atoms with Crippen LogP contribution in [0.1, 0.15) is 25.1 Å². The molecule has 1 aromatic heterocycles. The van der Waals surface area contributed by atoms with E-state index in [-0.39, 0.29) is 5.54 Å². The van der Waals surface area contributed by atoms with E-state index in [4.69, 9.17) is 17.3 Å². The average molecular weight is 204 g/mol. The van der Waals surface area contributed by atoms with Gasteiger partial charge in [0, 0.05) is 10.4 Å². The molecule has 3 heteroatoms. The molecule has 0 bridgehead atoms. The van der Waals surface area contributed by atoms with Gasteiger partial charge >= 0.3 is 0 Å². The fourth-order valence-corrected chi connectivity index (χ4v) is 2.25. The molecule has 1 unspecified atom stereocenters. The molecule has 0 spiro atoms. The summed E-state index contributed by atoms with van der Waals surface area (Å²) >= 11 is 7.43. The molecule has 0 saturated carbocycles. The number of rotatable bonds is 3. The lowest BCUT2D eigenvalue weighted by Gasteiger charge is -2.21. The van der Waals surface area contributed by atoms with E-state index in [0.29, 0.717) is 0 Å². The van der Waals surface area contributed by atoms with E-state index in [1.807, 2.05) is 12.1 Å². The van der Waals surface area contributed by atoms with E-state index in [0.717, 1.165) is 17.2 Å². The highest BCUT2D eigenvalue weighted by atomic mass is 35.5. The first-order valence-corrected chi connectivity index (χ1v) is 5.26. The number of hydrogen-bond donors (Lipinski definition) is 1. The third-order valence-corrected chi connectivity index (χ3v) is 3.25. The molecule has 1 heterocycles. The van der Waals surface area contributed by atoms with Crippen molar-refractivity contribution < 1.29 is 0 Å². The fourth-order valence-electron chi connectivity index (χ4n) is 0.970. The largest absolute Gasteiger partial charge is 0.325 e. The Balaban J connectivity index is 2.63. The summed E-state index contributed by atoms with van der Waals surface area (Å²) < 4.78 is 0.844. The standard InChI is InChI=1S/C9H14ClNS/c1-3-9(2,11)6-7-4-5-8(10)12-7/h4-5H,3,6,11H2,1-2H3. The maximum Gasteiger partial charge on any atom is 0.0931 e. The van der Waals surface area contributed by atoms with Gasteiger partial charge in [0.1, 0.15) is 0 Å². The molecule has 0 aliphatic carbocycles. The Morgan fingerprint density at radius 1 is 1.58 bits per heavy atom. The van der Waals surface area contributed by atoms with Crippen LogP contribution in [0.15, 0.2) is 12.1 Å². The molecule has 1 rings (SSSR count). The molecule has 0 saturated heterocycles. The molecule has 2 N–H and O–H groups in total. The predicted molar refractivity (Wildman–Crippen MR) is 55.9 cm³/mol. The number of halogens is 1. The Kier molecular flexibility index (Phi) is 3.16. The molecule has 1 atom stereocenters. The minimum absolute atomic E-state index is 0.0891. The first-order chi connectivity index (χ1) is 5.53.